The molecule has 1 aliphatic rings. The molecular weight excluding hydrogens is 502 g/mol. The molecule has 0 spiro atoms. The lowest BCUT2D eigenvalue weighted by Crippen LogP contribution is -2.48. The zero-order valence-electron chi connectivity index (χ0n) is 20.0. The van der Waals surface area contributed by atoms with Crippen molar-refractivity contribution in [2.75, 3.05) is 51.2 Å². The molecule has 2 heterocycles. The largest absolute Gasteiger partial charge is 0.573 e. The second-order valence-corrected chi connectivity index (χ2v) is 8.87. The fraction of sp³-hybridized carbons (Fsp3) is 0.400. The van der Waals surface area contributed by atoms with Crippen molar-refractivity contribution >= 4 is 5.69 Å². The van der Waals surface area contributed by atoms with Crippen LogP contribution in [0, 0.1) is 0 Å². The summed E-state index contributed by atoms with van der Waals surface area (Å²) >= 11 is 0. The number of benzene rings is 2. The molecule has 12 heteroatoms. The number of nitrogens with zero attached hydrogens (tertiary/aromatic N) is 4. The van der Waals surface area contributed by atoms with E-state index in [9.17, 15) is 26.3 Å². The van der Waals surface area contributed by atoms with E-state index < -0.39 is 18.1 Å². The van der Waals surface area contributed by atoms with Crippen LogP contribution in [0.5, 0.6) is 5.75 Å². The van der Waals surface area contributed by atoms with Gasteiger partial charge in [0.2, 0.25) is 0 Å². The average Bonchev–Trinajstić information content (AvgIpc) is 3.30. The lowest BCUT2D eigenvalue weighted by molar-refractivity contribution is -0.274. The Kier molecular flexibility index (Phi) is 7.98. The molecule has 0 saturated carbocycles. The molecule has 0 radical (unpaired) electrons. The highest BCUT2D eigenvalue weighted by Gasteiger charge is 2.32. The van der Waals surface area contributed by atoms with E-state index in [1.54, 1.807) is 12.1 Å². The van der Waals surface area contributed by atoms with E-state index in [4.69, 9.17) is 4.52 Å². The quantitative estimate of drug-likeness (QED) is 0.359. The predicted molar refractivity (Wildman–Crippen MR) is 125 cm³/mol. The molecule has 3 aromatic rings. The fourth-order valence-electron chi connectivity index (χ4n) is 4.12. The van der Waals surface area contributed by atoms with Gasteiger partial charge in [0, 0.05) is 56.6 Å². The summed E-state index contributed by atoms with van der Waals surface area (Å²) in [4.78, 5) is 6.29. The van der Waals surface area contributed by atoms with Crippen molar-refractivity contribution in [1.82, 2.24) is 15.0 Å². The molecule has 2 aromatic carbocycles. The van der Waals surface area contributed by atoms with Crippen molar-refractivity contribution in [3.63, 3.8) is 0 Å². The second-order valence-electron chi connectivity index (χ2n) is 8.87. The molecule has 0 atom stereocenters. The number of hydrogen-bond acceptors (Lipinski definition) is 6. The van der Waals surface area contributed by atoms with Gasteiger partial charge in [-0.25, -0.2) is 0 Å². The molecule has 0 aliphatic carbocycles. The molecular formula is C25H26F6N4O2. The van der Waals surface area contributed by atoms with E-state index in [0.717, 1.165) is 32.2 Å². The first-order valence-corrected chi connectivity index (χ1v) is 11.6. The van der Waals surface area contributed by atoms with E-state index in [0.29, 0.717) is 42.3 Å². The number of likely N-dealkylation sites (N-methyl/N-ethyl adjacent to an activating group) is 1. The Bertz CT molecular complexity index is 1150. The molecule has 200 valence electrons. The minimum Gasteiger partial charge on any atom is -0.406 e. The number of rotatable bonds is 8. The Labute approximate surface area is 210 Å². The Morgan fingerprint density at radius 1 is 0.946 bits per heavy atom. The van der Waals surface area contributed by atoms with Crippen LogP contribution < -0.4 is 9.64 Å². The third-order valence-corrected chi connectivity index (χ3v) is 6.08. The predicted octanol–water partition coefficient (Wildman–Crippen LogP) is 5.51. The number of anilines is 1. The summed E-state index contributed by atoms with van der Waals surface area (Å²) < 4.78 is 85.2. The normalized spacial score (nSPS) is 15.4. The first-order valence-electron chi connectivity index (χ1n) is 11.6. The van der Waals surface area contributed by atoms with Crippen LogP contribution in [-0.2, 0) is 12.7 Å². The summed E-state index contributed by atoms with van der Waals surface area (Å²) in [6.45, 7) is 4.78. The van der Waals surface area contributed by atoms with Gasteiger partial charge in [-0.1, -0.05) is 11.2 Å². The van der Waals surface area contributed by atoms with Gasteiger partial charge in [-0.2, -0.15) is 13.2 Å². The van der Waals surface area contributed by atoms with Gasteiger partial charge in [-0.05, 0) is 49.5 Å². The summed E-state index contributed by atoms with van der Waals surface area (Å²) in [5.41, 5.74) is 1.05. The summed E-state index contributed by atoms with van der Waals surface area (Å²) in [6.07, 6.45) is -9.10. The van der Waals surface area contributed by atoms with E-state index in [1.165, 1.54) is 36.4 Å². The number of aromatic nitrogens is 1. The summed E-state index contributed by atoms with van der Waals surface area (Å²) in [5, 5.41) is 4.00. The third-order valence-electron chi connectivity index (χ3n) is 6.08. The van der Waals surface area contributed by atoms with Crippen LogP contribution in [0.15, 0.2) is 59.1 Å². The molecule has 1 fully saturated rings. The molecule has 0 unspecified atom stereocenters. The number of hydrogen-bond donors (Lipinski definition) is 0. The molecule has 6 nitrogen and oxygen atoms in total. The molecule has 1 saturated heterocycles. The van der Waals surface area contributed by atoms with Gasteiger partial charge in [0.1, 0.15) is 11.4 Å². The molecule has 37 heavy (non-hydrogen) atoms. The van der Waals surface area contributed by atoms with Crippen molar-refractivity contribution < 1.29 is 35.6 Å². The van der Waals surface area contributed by atoms with Gasteiger partial charge in [0.05, 0.1) is 12.1 Å². The van der Waals surface area contributed by atoms with Crippen molar-refractivity contribution in [2.45, 2.75) is 19.1 Å². The fourth-order valence-corrected chi connectivity index (χ4v) is 4.12. The lowest BCUT2D eigenvalue weighted by Gasteiger charge is -2.36. The van der Waals surface area contributed by atoms with Gasteiger partial charge in [0.25, 0.3) is 0 Å². The highest BCUT2D eigenvalue weighted by Crippen LogP contribution is 2.32. The SMILES string of the molecule is CN(CCN1CCN(c2cccc(C(F)(F)F)c2)CC1)Cc1cc(-c2ccc(OC(F)(F)F)cc2)no1. The maximum absolute atomic E-state index is 13.0. The second kappa shape index (κ2) is 11.0. The molecule has 0 amide bonds. The minimum atomic E-state index is -4.75. The van der Waals surface area contributed by atoms with Crippen LogP contribution in [0.25, 0.3) is 11.3 Å². The van der Waals surface area contributed by atoms with Crippen LogP contribution in [0.4, 0.5) is 32.0 Å². The van der Waals surface area contributed by atoms with Crippen LogP contribution >= 0.6 is 0 Å². The van der Waals surface area contributed by atoms with Gasteiger partial charge >= 0.3 is 12.5 Å². The summed E-state index contributed by atoms with van der Waals surface area (Å²) in [6, 6.07) is 12.5. The summed E-state index contributed by atoms with van der Waals surface area (Å²) in [7, 11) is 1.93. The minimum absolute atomic E-state index is 0.310. The van der Waals surface area contributed by atoms with Gasteiger partial charge in [-0.3, -0.25) is 9.80 Å². The Morgan fingerprint density at radius 3 is 2.30 bits per heavy atom. The number of ether oxygens (including phenoxy) is 1. The molecule has 4 rings (SSSR count). The maximum Gasteiger partial charge on any atom is 0.573 e. The monoisotopic (exact) mass is 528 g/mol. The number of alkyl halides is 6. The van der Waals surface area contributed by atoms with Gasteiger partial charge < -0.3 is 14.2 Å². The third kappa shape index (κ3) is 7.62. The molecule has 1 aliphatic heterocycles. The topological polar surface area (TPSA) is 45.0 Å². The van der Waals surface area contributed by atoms with Crippen molar-refractivity contribution in [2.24, 2.45) is 0 Å². The highest BCUT2D eigenvalue weighted by molar-refractivity contribution is 5.59. The van der Waals surface area contributed by atoms with Crippen molar-refractivity contribution in [3.8, 4) is 17.0 Å². The van der Waals surface area contributed by atoms with E-state index in [2.05, 4.69) is 19.7 Å². The van der Waals surface area contributed by atoms with Crippen LogP contribution in [0.2, 0.25) is 0 Å². The first kappa shape index (κ1) is 26.8. The van der Waals surface area contributed by atoms with E-state index >= 15 is 0 Å². The smallest absolute Gasteiger partial charge is 0.406 e. The van der Waals surface area contributed by atoms with Gasteiger partial charge in [0.15, 0.2) is 5.76 Å². The van der Waals surface area contributed by atoms with Crippen LogP contribution in [0.1, 0.15) is 11.3 Å². The maximum atomic E-state index is 13.0. The lowest BCUT2D eigenvalue weighted by atomic mass is 10.1. The van der Waals surface area contributed by atoms with Crippen molar-refractivity contribution in [3.05, 3.63) is 65.9 Å². The van der Waals surface area contributed by atoms with E-state index in [-0.39, 0.29) is 5.75 Å². The Morgan fingerprint density at radius 2 is 1.65 bits per heavy atom. The van der Waals surface area contributed by atoms with Gasteiger partial charge in [-0.15, -0.1) is 13.2 Å². The molecule has 1 aromatic heterocycles. The Balaban J connectivity index is 1.22. The zero-order valence-corrected chi connectivity index (χ0v) is 20.0. The van der Waals surface area contributed by atoms with Crippen LogP contribution in [0.3, 0.4) is 0 Å². The highest BCUT2D eigenvalue weighted by atomic mass is 19.4. The number of piperazine rings is 1. The van der Waals surface area contributed by atoms with E-state index in [1.807, 2.05) is 11.9 Å². The standard InChI is InChI=1S/C25H26F6N4O2/c1-33(17-22-16-23(32-37-22)18-5-7-21(8-6-18)36-25(29,30)31)9-10-34-11-13-35(14-12-34)20-4-2-3-19(15-20)24(26,27)28/h2-8,15-16H,9-14,17H2,1H3. The Hall–Kier alpha value is -3.25. The van der Waals surface area contributed by atoms with Crippen molar-refractivity contribution in [1.29, 1.82) is 0 Å². The first-order chi connectivity index (χ1) is 17.5. The summed E-state index contributed by atoms with van der Waals surface area (Å²) in [5.74, 6) is 0.304. The zero-order chi connectivity index (χ0) is 26.6. The number of halogens is 6. The van der Waals surface area contributed by atoms with Crippen LogP contribution in [-0.4, -0.2) is 67.6 Å². The average molecular weight is 528 g/mol. The molecule has 0 N–H and O–H groups in total. The molecule has 0 bridgehead atoms.